The summed E-state index contributed by atoms with van der Waals surface area (Å²) in [7, 11) is 0. The van der Waals surface area contributed by atoms with Gasteiger partial charge in [0.25, 0.3) is 0 Å². The second-order valence-corrected chi connectivity index (χ2v) is 9.65. The summed E-state index contributed by atoms with van der Waals surface area (Å²) in [4.78, 5) is 4.44. The third kappa shape index (κ3) is 4.51. The fraction of sp³-hybridized carbons (Fsp3) is 0.308. The van der Waals surface area contributed by atoms with E-state index in [9.17, 15) is 11.0 Å². The van der Waals surface area contributed by atoms with E-state index in [1.807, 2.05) is 17.3 Å². The standard InChI is InChI=1S/C26H26ClFN8/c27-22-12-19(11-21-24(33-35-9-1-2-10-35)17(13-29)14-30-26(21)22)31-25(16-3-5-18(28)6-4-16)23-15-36(34-32-23)20-7-8-20/h3-6,11-12,14-15,20,25,31-32,34H,1-2,7-10H2,(H,30,33)/i25D. The molecule has 0 radical (unpaired) electrons. The number of aromatic nitrogens is 1. The predicted octanol–water partition coefficient (Wildman–Crippen LogP) is 4.80. The summed E-state index contributed by atoms with van der Waals surface area (Å²) in [5.74, 6) is -0.376. The molecule has 1 atom stereocenters. The van der Waals surface area contributed by atoms with Crippen LogP contribution < -0.4 is 21.7 Å². The van der Waals surface area contributed by atoms with Gasteiger partial charge < -0.3 is 16.2 Å². The number of nitrogens with one attached hydrogen (secondary N) is 4. The Kier molecular flexibility index (Phi) is 5.70. The molecule has 1 aliphatic carbocycles. The first-order chi connectivity index (χ1) is 17.9. The van der Waals surface area contributed by atoms with Gasteiger partial charge in [0.2, 0.25) is 0 Å². The summed E-state index contributed by atoms with van der Waals surface area (Å²) in [6, 6.07) is 10.6. The van der Waals surface area contributed by atoms with E-state index in [1.165, 1.54) is 18.3 Å². The number of fused-ring (bicyclic) bond motifs is 1. The molecular formula is C26H26ClFN8. The second kappa shape index (κ2) is 9.47. The number of hydrogen-bond acceptors (Lipinski definition) is 8. The van der Waals surface area contributed by atoms with E-state index < -0.39 is 6.02 Å². The first-order valence-electron chi connectivity index (χ1n) is 12.5. The predicted molar refractivity (Wildman–Crippen MR) is 138 cm³/mol. The number of nitriles is 1. The van der Waals surface area contributed by atoms with Gasteiger partial charge >= 0.3 is 0 Å². The normalized spacial score (nSPS) is 19.9. The zero-order valence-corrected chi connectivity index (χ0v) is 20.2. The molecule has 2 fully saturated rings. The molecule has 10 heteroatoms. The third-order valence-electron chi connectivity index (χ3n) is 6.62. The van der Waals surface area contributed by atoms with Crippen LogP contribution in [0.1, 0.15) is 44.2 Å². The van der Waals surface area contributed by atoms with Crippen LogP contribution in [-0.4, -0.2) is 34.1 Å². The number of hydrogen-bond donors (Lipinski definition) is 4. The molecule has 0 spiro atoms. The molecule has 36 heavy (non-hydrogen) atoms. The number of anilines is 2. The highest BCUT2D eigenvalue weighted by Gasteiger charge is 2.32. The molecule has 0 bridgehead atoms. The van der Waals surface area contributed by atoms with Crippen LogP contribution in [0.2, 0.25) is 5.02 Å². The van der Waals surface area contributed by atoms with Crippen molar-refractivity contribution in [2.75, 3.05) is 23.8 Å². The van der Waals surface area contributed by atoms with Crippen LogP contribution in [0.4, 0.5) is 15.8 Å². The Labute approximate surface area is 215 Å². The van der Waals surface area contributed by atoms with E-state index in [0.717, 1.165) is 38.8 Å². The van der Waals surface area contributed by atoms with Crippen LogP contribution in [0.25, 0.3) is 10.9 Å². The van der Waals surface area contributed by atoms with E-state index >= 15 is 0 Å². The van der Waals surface area contributed by atoms with Gasteiger partial charge in [0.15, 0.2) is 0 Å². The highest BCUT2D eigenvalue weighted by molar-refractivity contribution is 6.35. The van der Waals surface area contributed by atoms with Crippen LogP contribution in [0.15, 0.2) is 54.5 Å². The number of rotatable bonds is 7. The summed E-state index contributed by atoms with van der Waals surface area (Å²) in [5, 5.41) is 18.2. The highest BCUT2D eigenvalue weighted by Crippen LogP contribution is 2.37. The molecule has 3 heterocycles. The average Bonchev–Trinajstić information content (AvgIpc) is 3.38. The maximum Gasteiger partial charge on any atom is 0.123 e. The highest BCUT2D eigenvalue weighted by atomic mass is 35.5. The van der Waals surface area contributed by atoms with Gasteiger partial charge in [-0.2, -0.15) is 5.26 Å². The number of benzene rings is 2. The van der Waals surface area contributed by atoms with E-state index in [4.69, 9.17) is 11.6 Å². The summed E-state index contributed by atoms with van der Waals surface area (Å²) < 4.78 is 23.3. The molecule has 8 nitrogen and oxygen atoms in total. The zero-order valence-electron chi connectivity index (χ0n) is 20.5. The molecule has 2 aliphatic heterocycles. The molecule has 184 valence electrons. The van der Waals surface area contributed by atoms with E-state index in [0.29, 0.717) is 50.2 Å². The van der Waals surface area contributed by atoms with Crippen molar-refractivity contribution >= 4 is 33.9 Å². The van der Waals surface area contributed by atoms with E-state index in [2.05, 4.69) is 37.8 Å². The molecule has 3 aromatic rings. The molecular weight excluding hydrogens is 479 g/mol. The van der Waals surface area contributed by atoms with Crippen molar-refractivity contribution in [2.45, 2.75) is 37.7 Å². The molecule has 1 saturated heterocycles. The third-order valence-corrected chi connectivity index (χ3v) is 6.91. The van der Waals surface area contributed by atoms with Crippen molar-refractivity contribution in [1.29, 1.82) is 5.26 Å². The average molecular weight is 506 g/mol. The summed E-state index contributed by atoms with van der Waals surface area (Å²) in [5.41, 5.74) is 12.9. The Balaban J connectivity index is 1.43. The topological polar surface area (TPSA) is 91.3 Å². The van der Waals surface area contributed by atoms with Crippen LogP contribution in [-0.2, 0) is 0 Å². The van der Waals surface area contributed by atoms with Gasteiger partial charge in [-0.15, -0.1) is 5.53 Å². The van der Waals surface area contributed by atoms with Crippen molar-refractivity contribution < 1.29 is 5.76 Å². The lowest BCUT2D eigenvalue weighted by Crippen LogP contribution is -2.38. The molecule has 4 N–H and O–H groups in total. The Morgan fingerprint density at radius 2 is 2.00 bits per heavy atom. The van der Waals surface area contributed by atoms with Gasteiger partial charge in [0, 0.05) is 42.6 Å². The lowest BCUT2D eigenvalue weighted by Gasteiger charge is -2.23. The molecule has 2 aromatic carbocycles. The minimum atomic E-state index is -1.50. The van der Waals surface area contributed by atoms with Crippen LogP contribution >= 0.6 is 11.6 Å². The van der Waals surface area contributed by atoms with Crippen molar-refractivity contribution in [1.82, 2.24) is 26.0 Å². The molecule has 1 saturated carbocycles. The number of nitrogens with zero attached hydrogens (tertiary/aromatic N) is 4. The van der Waals surface area contributed by atoms with Crippen molar-refractivity contribution in [2.24, 2.45) is 0 Å². The van der Waals surface area contributed by atoms with Crippen LogP contribution in [0, 0.1) is 17.1 Å². The van der Waals surface area contributed by atoms with E-state index in [-0.39, 0.29) is 5.82 Å². The van der Waals surface area contributed by atoms with Crippen LogP contribution in [0.5, 0.6) is 0 Å². The maximum absolute atomic E-state index is 13.8. The summed E-state index contributed by atoms with van der Waals surface area (Å²) in [6.07, 6.45) is 7.72. The van der Waals surface area contributed by atoms with Crippen molar-refractivity contribution in [3.63, 3.8) is 0 Å². The summed E-state index contributed by atoms with van der Waals surface area (Å²) >= 11 is 6.69. The Morgan fingerprint density at radius 3 is 2.72 bits per heavy atom. The van der Waals surface area contributed by atoms with Crippen LogP contribution in [0.3, 0.4) is 0 Å². The minimum Gasteiger partial charge on any atom is -0.373 e. The first kappa shape index (κ1) is 21.7. The molecule has 3 aliphatic rings. The number of halogens is 2. The van der Waals surface area contributed by atoms with Gasteiger partial charge in [-0.05, 0) is 55.5 Å². The lowest BCUT2D eigenvalue weighted by atomic mass is 10.0. The minimum absolute atomic E-state index is 0.376. The van der Waals surface area contributed by atoms with Crippen molar-refractivity contribution in [3.8, 4) is 6.07 Å². The van der Waals surface area contributed by atoms with Gasteiger partial charge in [-0.25, -0.2) is 9.40 Å². The van der Waals surface area contributed by atoms with Gasteiger partial charge in [-0.3, -0.25) is 9.99 Å². The maximum atomic E-state index is 13.8. The Hall–Kier alpha value is -3.58. The molecule has 6 rings (SSSR count). The van der Waals surface area contributed by atoms with E-state index in [1.54, 1.807) is 18.2 Å². The molecule has 0 amide bonds. The second-order valence-electron chi connectivity index (χ2n) is 9.24. The zero-order chi connectivity index (χ0) is 25.6. The SMILES string of the molecule is [2H]C(Nc1cc(Cl)c2ncc(C#N)c(NN3CCCC3)c2c1)(C1=CN(C2CC2)NN1)c1ccc(F)cc1. The largest absolute Gasteiger partial charge is 0.373 e. The molecule has 1 unspecified atom stereocenters. The Morgan fingerprint density at radius 1 is 1.22 bits per heavy atom. The lowest BCUT2D eigenvalue weighted by molar-refractivity contribution is 0.260. The van der Waals surface area contributed by atoms with Crippen molar-refractivity contribution in [3.05, 3.63) is 76.5 Å². The van der Waals surface area contributed by atoms with Gasteiger partial charge in [0.1, 0.15) is 11.9 Å². The monoisotopic (exact) mass is 505 g/mol. The van der Waals surface area contributed by atoms with Gasteiger partial charge in [-0.1, -0.05) is 23.7 Å². The number of hydrazine groups is 3. The fourth-order valence-electron chi connectivity index (χ4n) is 4.58. The quantitative estimate of drug-likeness (QED) is 0.364. The first-order valence-corrected chi connectivity index (χ1v) is 12.4. The Bertz CT molecular complexity index is 1410. The number of pyridine rings is 1. The smallest absolute Gasteiger partial charge is 0.123 e. The van der Waals surface area contributed by atoms with Gasteiger partial charge in [0.05, 0.1) is 34.9 Å². The summed E-state index contributed by atoms with van der Waals surface area (Å²) in [6.45, 7) is 1.76. The molecule has 1 aromatic heterocycles. The fourth-order valence-corrected chi connectivity index (χ4v) is 4.85.